The Morgan fingerprint density at radius 3 is 2.56 bits per heavy atom. The predicted octanol–water partition coefficient (Wildman–Crippen LogP) is 5.01. The summed E-state index contributed by atoms with van der Waals surface area (Å²) in [5.74, 6) is -0.719. The third-order valence-electron chi connectivity index (χ3n) is 3.69. The number of benzene rings is 2. The van der Waals surface area contributed by atoms with Gasteiger partial charge in [0.15, 0.2) is 6.61 Å². The van der Waals surface area contributed by atoms with Gasteiger partial charge in [0.1, 0.15) is 0 Å². The smallest absolute Gasteiger partial charge is 0.306 e. The Morgan fingerprint density at radius 2 is 1.78 bits per heavy atom. The van der Waals surface area contributed by atoms with Crippen LogP contribution in [0.5, 0.6) is 0 Å². The second-order valence-electron chi connectivity index (χ2n) is 5.75. The lowest BCUT2D eigenvalue weighted by molar-refractivity contribution is -0.147. The minimum atomic E-state index is -0.372. The van der Waals surface area contributed by atoms with Crippen molar-refractivity contribution >= 4 is 40.7 Å². The van der Waals surface area contributed by atoms with E-state index < -0.39 is 0 Å². The van der Waals surface area contributed by atoms with Gasteiger partial charge in [0.05, 0.1) is 5.69 Å². The van der Waals surface area contributed by atoms with Crippen LogP contribution in [0.25, 0.3) is 0 Å². The van der Waals surface area contributed by atoms with Gasteiger partial charge in [-0.15, -0.1) is 0 Å². The summed E-state index contributed by atoms with van der Waals surface area (Å²) in [6.07, 6.45) is 0.894. The van der Waals surface area contributed by atoms with Gasteiger partial charge in [-0.2, -0.15) is 11.3 Å². The van der Waals surface area contributed by atoms with Gasteiger partial charge in [0.2, 0.25) is 0 Å². The lowest BCUT2D eigenvalue weighted by Crippen LogP contribution is -2.21. The highest BCUT2D eigenvalue weighted by Crippen LogP contribution is 2.33. The molecule has 0 saturated carbocycles. The van der Waals surface area contributed by atoms with Gasteiger partial charge in [-0.05, 0) is 53.1 Å². The fourth-order valence-electron chi connectivity index (χ4n) is 2.36. The molecule has 1 amide bonds. The van der Waals surface area contributed by atoms with E-state index in [1.165, 1.54) is 0 Å². The summed E-state index contributed by atoms with van der Waals surface area (Å²) in [5.41, 5.74) is 1.80. The van der Waals surface area contributed by atoms with Crippen molar-refractivity contribution < 1.29 is 14.3 Å². The van der Waals surface area contributed by atoms with E-state index in [1.54, 1.807) is 23.1 Å². The van der Waals surface area contributed by atoms with E-state index in [-0.39, 0.29) is 24.9 Å². The Kier molecular flexibility index (Phi) is 7.07. The minimum absolute atomic E-state index is 0.268. The summed E-state index contributed by atoms with van der Waals surface area (Å²) >= 11 is 3.16. The number of hydrogen-bond acceptors (Lipinski definition) is 5. The number of esters is 1. The SMILES string of the molecule is O=C(COC(=O)CCc1ccsc1)Nc1ccccc1Sc1ccccc1. The van der Waals surface area contributed by atoms with Crippen LogP contribution < -0.4 is 5.32 Å². The Morgan fingerprint density at radius 1 is 1.00 bits per heavy atom. The van der Waals surface area contributed by atoms with Crippen molar-refractivity contribution in [2.45, 2.75) is 22.6 Å². The van der Waals surface area contributed by atoms with Crippen molar-refractivity contribution in [3.8, 4) is 0 Å². The maximum atomic E-state index is 12.2. The number of rotatable bonds is 8. The number of ether oxygens (including phenoxy) is 1. The zero-order chi connectivity index (χ0) is 18.9. The number of thiophene rings is 1. The highest BCUT2D eigenvalue weighted by molar-refractivity contribution is 7.99. The number of anilines is 1. The first kappa shape index (κ1) is 19.2. The van der Waals surface area contributed by atoms with Gasteiger partial charge in [-0.1, -0.05) is 42.1 Å². The molecule has 0 aliphatic carbocycles. The van der Waals surface area contributed by atoms with Gasteiger partial charge < -0.3 is 10.1 Å². The molecule has 0 unspecified atom stereocenters. The van der Waals surface area contributed by atoms with Crippen LogP contribution in [0.1, 0.15) is 12.0 Å². The Bertz CT molecular complexity index is 879. The maximum Gasteiger partial charge on any atom is 0.306 e. The molecule has 6 heteroatoms. The summed E-state index contributed by atoms with van der Waals surface area (Å²) in [7, 11) is 0. The molecule has 4 nitrogen and oxygen atoms in total. The number of hydrogen-bond donors (Lipinski definition) is 1. The summed E-state index contributed by atoms with van der Waals surface area (Å²) in [6.45, 7) is -0.285. The van der Waals surface area contributed by atoms with E-state index in [9.17, 15) is 9.59 Å². The van der Waals surface area contributed by atoms with E-state index in [0.29, 0.717) is 12.1 Å². The van der Waals surface area contributed by atoms with Crippen molar-refractivity contribution in [2.75, 3.05) is 11.9 Å². The normalized spacial score (nSPS) is 10.4. The number of nitrogens with one attached hydrogen (secondary N) is 1. The molecule has 0 spiro atoms. The summed E-state index contributed by atoms with van der Waals surface area (Å²) in [5, 5.41) is 6.79. The van der Waals surface area contributed by atoms with Crippen LogP contribution in [-0.2, 0) is 20.7 Å². The fourth-order valence-corrected chi connectivity index (χ4v) is 3.99. The fraction of sp³-hybridized carbons (Fsp3) is 0.143. The molecule has 1 aromatic heterocycles. The highest BCUT2D eigenvalue weighted by atomic mass is 32.2. The van der Waals surface area contributed by atoms with Gasteiger partial charge in [-0.25, -0.2) is 0 Å². The Hall–Kier alpha value is -2.57. The van der Waals surface area contributed by atoms with E-state index in [0.717, 1.165) is 15.4 Å². The monoisotopic (exact) mass is 397 g/mol. The van der Waals surface area contributed by atoms with Gasteiger partial charge in [0, 0.05) is 16.2 Å². The number of carbonyl (C=O) groups is 2. The molecule has 0 aliphatic rings. The third kappa shape index (κ3) is 6.27. The van der Waals surface area contributed by atoms with E-state index in [1.807, 2.05) is 71.4 Å². The van der Waals surface area contributed by atoms with Crippen LogP contribution >= 0.6 is 23.1 Å². The van der Waals surface area contributed by atoms with Crippen LogP contribution in [0.4, 0.5) is 5.69 Å². The first-order chi connectivity index (χ1) is 13.2. The van der Waals surface area contributed by atoms with Crippen molar-refractivity contribution in [3.05, 3.63) is 77.0 Å². The van der Waals surface area contributed by atoms with Crippen LogP contribution in [0.15, 0.2) is 81.2 Å². The van der Waals surface area contributed by atoms with E-state index in [2.05, 4.69) is 5.32 Å². The van der Waals surface area contributed by atoms with E-state index in [4.69, 9.17) is 4.74 Å². The molecule has 2 aromatic carbocycles. The molecule has 1 N–H and O–H groups in total. The molecule has 0 saturated heterocycles. The van der Waals surface area contributed by atoms with Gasteiger partial charge in [0.25, 0.3) is 5.91 Å². The average molecular weight is 398 g/mol. The van der Waals surface area contributed by atoms with Crippen molar-refractivity contribution in [3.63, 3.8) is 0 Å². The van der Waals surface area contributed by atoms with Crippen molar-refractivity contribution in [1.29, 1.82) is 0 Å². The molecule has 3 aromatic rings. The summed E-state index contributed by atoms with van der Waals surface area (Å²) < 4.78 is 5.08. The minimum Gasteiger partial charge on any atom is -0.456 e. The average Bonchev–Trinajstić information content (AvgIpc) is 3.21. The molecule has 0 radical (unpaired) electrons. The number of aryl methyl sites for hydroxylation is 1. The largest absolute Gasteiger partial charge is 0.456 e. The molecule has 0 bridgehead atoms. The second kappa shape index (κ2) is 9.94. The molecule has 138 valence electrons. The zero-order valence-corrected chi connectivity index (χ0v) is 16.2. The maximum absolute atomic E-state index is 12.2. The zero-order valence-electron chi connectivity index (χ0n) is 14.6. The summed E-state index contributed by atoms with van der Waals surface area (Å²) in [6, 6.07) is 19.5. The topological polar surface area (TPSA) is 55.4 Å². The molecule has 1 heterocycles. The quantitative estimate of drug-likeness (QED) is 0.543. The Balaban J connectivity index is 1.49. The molecular formula is C21H19NO3S2. The molecule has 3 rings (SSSR count). The first-order valence-corrected chi connectivity index (χ1v) is 10.2. The second-order valence-corrected chi connectivity index (χ2v) is 7.65. The molecule has 0 aliphatic heterocycles. The molecule has 0 fully saturated rings. The van der Waals surface area contributed by atoms with Crippen LogP contribution in [0.2, 0.25) is 0 Å². The first-order valence-electron chi connectivity index (χ1n) is 8.49. The van der Waals surface area contributed by atoms with Gasteiger partial charge >= 0.3 is 5.97 Å². The van der Waals surface area contributed by atoms with Crippen LogP contribution in [-0.4, -0.2) is 18.5 Å². The molecule has 27 heavy (non-hydrogen) atoms. The van der Waals surface area contributed by atoms with Crippen molar-refractivity contribution in [2.24, 2.45) is 0 Å². The third-order valence-corrected chi connectivity index (χ3v) is 5.51. The Labute approximate surface area is 166 Å². The predicted molar refractivity (Wildman–Crippen MR) is 109 cm³/mol. The summed E-state index contributed by atoms with van der Waals surface area (Å²) in [4.78, 5) is 26.0. The number of amides is 1. The van der Waals surface area contributed by atoms with E-state index >= 15 is 0 Å². The lowest BCUT2D eigenvalue weighted by atomic mass is 10.2. The van der Waals surface area contributed by atoms with Crippen LogP contribution in [0, 0.1) is 0 Å². The number of carbonyl (C=O) groups excluding carboxylic acids is 2. The number of para-hydroxylation sites is 1. The standard InChI is InChI=1S/C21H19NO3S2/c23-20(14-25-21(24)11-10-16-12-13-26-15-16)22-18-8-4-5-9-19(18)27-17-6-2-1-3-7-17/h1-9,12-13,15H,10-11,14H2,(H,22,23). The van der Waals surface area contributed by atoms with Gasteiger partial charge in [-0.3, -0.25) is 9.59 Å². The van der Waals surface area contributed by atoms with Crippen molar-refractivity contribution in [1.82, 2.24) is 0 Å². The molecule has 0 atom stereocenters. The molecular weight excluding hydrogens is 378 g/mol. The van der Waals surface area contributed by atoms with Crippen LogP contribution in [0.3, 0.4) is 0 Å². The lowest BCUT2D eigenvalue weighted by Gasteiger charge is -2.11. The highest BCUT2D eigenvalue weighted by Gasteiger charge is 2.11.